The number of amides is 2. The largest absolute Gasteiger partial charge is 0.392 e. The molecule has 90 valence electrons. The van der Waals surface area contributed by atoms with Crippen LogP contribution in [-0.2, 0) is 9.59 Å². The van der Waals surface area contributed by atoms with Crippen LogP contribution in [0.2, 0.25) is 0 Å². The molecule has 1 fully saturated rings. The first-order chi connectivity index (χ1) is 7.52. The van der Waals surface area contributed by atoms with E-state index in [1.165, 1.54) is 0 Å². The Hall–Kier alpha value is -1.17. The van der Waals surface area contributed by atoms with Crippen molar-refractivity contribution in [2.24, 2.45) is 5.73 Å². The van der Waals surface area contributed by atoms with E-state index >= 15 is 0 Å². The highest BCUT2D eigenvalue weighted by Crippen LogP contribution is 2.16. The molecule has 1 aliphatic heterocycles. The third kappa shape index (κ3) is 3.44. The van der Waals surface area contributed by atoms with E-state index in [1.54, 1.807) is 4.90 Å². The fourth-order valence-electron chi connectivity index (χ4n) is 1.77. The molecule has 0 aromatic heterocycles. The van der Waals surface area contributed by atoms with E-state index in [2.05, 4.69) is 17.5 Å². The average molecular weight is 243 g/mol. The van der Waals surface area contributed by atoms with Crippen LogP contribution in [0.15, 0.2) is 0 Å². The number of carbonyl (C=O) groups excluding carboxylic acids is 2. The van der Waals surface area contributed by atoms with Gasteiger partial charge in [-0.05, 0) is 26.2 Å². The van der Waals surface area contributed by atoms with Crippen molar-refractivity contribution >= 4 is 29.0 Å². The van der Waals surface area contributed by atoms with Gasteiger partial charge < -0.3 is 16.0 Å². The van der Waals surface area contributed by atoms with Crippen molar-refractivity contribution in [1.29, 1.82) is 0 Å². The standard InChI is InChI=1S/C10H17N3O2S/c1-7-4-2-3-5-13(7)10(15)9(14)12-6-8(11)16/h7H,2-6H2,1H3,(H2,11,16)(H,12,14). The number of hydrogen-bond donors (Lipinski definition) is 2. The molecule has 0 saturated carbocycles. The summed E-state index contributed by atoms with van der Waals surface area (Å²) in [6.07, 6.45) is 3.02. The lowest BCUT2D eigenvalue weighted by molar-refractivity contribution is -0.147. The number of hydrogen-bond acceptors (Lipinski definition) is 3. The molecule has 3 N–H and O–H groups in total. The van der Waals surface area contributed by atoms with Crippen molar-refractivity contribution in [2.75, 3.05) is 13.1 Å². The third-order valence-corrected chi connectivity index (χ3v) is 2.83. The summed E-state index contributed by atoms with van der Waals surface area (Å²) in [4.78, 5) is 25.0. The summed E-state index contributed by atoms with van der Waals surface area (Å²) >= 11 is 4.62. The van der Waals surface area contributed by atoms with Crippen LogP contribution in [-0.4, -0.2) is 40.8 Å². The summed E-state index contributed by atoms with van der Waals surface area (Å²) in [5.74, 6) is -1.11. The SMILES string of the molecule is CC1CCCCN1C(=O)C(=O)NCC(N)=S. The smallest absolute Gasteiger partial charge is 0.312 e. The van der Waals surface area contributed by atoms with Gasteiger partial charge in [0, 0.05) is 12.6 Å². The van der Waals surface area contributed by atoms with Gasteiger partial charge in [-0.2, -0.15) is 0 Å². The van der Waals surface area contributed by atoms with E-state index in [0.717, 1.165) is 19.3 Å². The second-order valence-corrected chi connectivity index (χ2v) is 4.52. The van der Waals surface area contributed by atoms with Gasteiger partial charge in [0.25, 0.3) is 0 Å². The van der Waals surface area contributed by atoms with Crippen LogP contribution in [0.4, 0.5) is 0 Å². The molecule has 0 aliphatic carbocycles. The number of nitrogens with one attached hydrogen (secondary N) is 1. The predicted molar refractivity (Wildman–Crippen MR) is 64.8 cm³/mol. The van der Waals surface area contributed by atoms with Gasteiger partial charge in [-0.25, -0.2) is 0 Å². The molecule has 1 rings (SSSR count). The monoisotopic (exact) mass is 243 g/mol. The van der Waals surface area contributed by atoms with Crippen molar-refractivity contribution in [3.8, 4) is 0 Å². The number of thiocarbonyl (C=S) groups is 1. The van der Waals surface area contributed by atoms with E-state index in [-0.39, 0.29) is 17.6 Å². The summed E-state index contributed by atoms with van der Waals surface area (Å²) in [5, 5.41) is 2.40. The van der Waals surface area contributed by atoms with E-state index < -0.39 is 11.8 Å². The minimum absolute atomic E-state index is 0.0716. The maximum absolute atomic E-state index is 11.8. The fraction of sp³-hybridized carbons (Fsp3) is 0.700. The molecule has 1 unspecified atom stereocenters. The Labute approximate surface area is 100 Å². The fourth-order valence-corrected chi connectivity index (χ4v) is 1.85. The predicted octanol–water partition coefficient (Wildman–Crippen LogP) is -0.210. The third-order valence-electron chi connectivity index (χ3n) is 2.68. The van der Waals surface area contributed by atoms with E-state index in [4.69, 9.17) is 5.73 Å². The zero-order chi connectivity index (χ0) is 12.1. The molecule has 6 heteroatoms. The Bertz CT molecular complexity index is 306. The Morgan fingerprint density at radius 1 is 1.50 bits per heavy atom. The maximum atomic E-state index is 11.8. The summed E-state index contributed by atoms with van der Waals surface area (Å²) in [6.45, 7) is 2.68. The topological polar surface area (TPSA) is 75.4 Å². The first-order valence-electron chi connectivity index (χ1n) is 5.39. The van der Waals surface area contributed by atoms with Gasteiger partial charge >= 0.3 is 11.8 Å². The van der Waals surface area contributed by atoms with E-state index in [1.807, 2.05) is 6.92 Å². The molecule has 5 nitrogen and oxygen atoms in total. The minimum Gasteiger partial charge on any atom is -0.392 e. The highest BCUT2D eigenvalue weighted by atomic mass is 32.1. The molecule has 0 aromatic carbocycles. The second kappa shape index (κ2) is 5.79. The average Bonchev–Trinajstić information content (AvgIpc) is 2.25. The van der Waals surface area contributed by atoms with Gasteiger partial charge in [0.05, 0.1) is 11.5 Å². The van der Waals surface area contributed by atoms with E-state index in [0.29, 0.717) is 6.54 Å². The van der Waals surface area contributed by atoms with Crippen LogP contribution in [0.25, 0.3) is 0 Å². The molecular weight excluding hydrogens is 226 g/mol. The zero-order valence-corrected chi connectivity index (χ0v) is 10.2. The highest BCUT2D eigenvalue weighted by molar-refractivity contribution is 7.80. The van der Waals surface area contributed by atoms with Crippen molar-refractivity contribution in [3.63, 3.8) is 0 Å². The van der Waals surface area contributed by atoms with E-state index in [9.17, 15) is 9.59 Å². The first kappa shape index (κ1) is 12.9. The Morgan fingerprint density at radius 2 is 2.19 bits per heavy atom. The van der Waals surface area contributed by atoms with Crippen molar-refractivity contribution < 1.29 is 9.59 Å². The summed E-state index contributed by atoms with van der Waals surface area (Å²) in [7, 11) is 0. The molecule has 1 heterocycles. The van der Waals surface area contributed by atoms with Gasteiger partial charge in [0.2, 0.25) is 0 Å². The minimum atomic E-state index is -0.624. The molecule has 1 saturated heterocycles. The van der Waals surface area contributed by atoms with Crippen molar-refractivity contribution in [1.82, 2.24) is 10.2 Å². The molecule has 0 aromatic rings. The molecule has 0 bridgehead atoms. The molecule has 0 radical (unpaired) electrons. The number of carbonyl (C=O) groups is 2. The lowest BCUT2D eigenvalue weighted by Crippen LogP contribution is -2.50. The van der Waals surface area contributed by atoms with Crippen molar-refractivity contribution in [3.05, 3.63) is 0 Å². The normalized spacial score (nSPS) is 20.3. The number of likely N-dealkylation sites (tertiary alicyclic amines) is 1. The molecule has 0 spiro atoms. The number of rotatable bonds is 2. The van der Waals surface area contributed by atoms with Crippen LogP contribution >= 0.6 is 12.2 Å². The lowest BCUT2D eigenvalue weighted by atomic mass is 10.0. The number of nitrogens with two attached hydrogens (primary N) is 1. The number of nitrogens with zero attached hydrogens (tertiary/aromatic N) is 1. The zero-order valence-electron chi connectivity index (χ0n) is 9.36. The van der Waals surface area contributed by atoms with Gasteiger partial charge in [0.1, 0.15) is 0 Å². The van der Waals surface area contributed by atoms with Crippen molar-refractivity contribution in [2.45, 2.75) is 32.2 Å². The molecule has 16 heavy (non-hydrogen) atoms. The highest BCUT2D eigenvalue weighted by Gasteiger charge is 2.27. The molecule has 1 atom stereocenters. The van der Waals surface area contributed by atoms with Gasteiger partial charge in [-0.3, -0.25) is 9.59 Å². The summed E-state index contributed by atoms with van der Waals surface area (Å²) in [5.41, 5.74) is 5.24. The van der Waals surface area contributed by atoms with Crippen LogP contribution in [0.3, 0.4) is 0 Å². The first-order valence-corrected chi connectivity index (χ1v) is 5.80. The summed E-state index contributed by atoms with van der Waals surface area (Å²) in [6, 6.07) is 0.136. The van der Waals surface area contributed by atoms with Crippen LogP contribution in [0.5, 0.6) is 0 Å². The van der Waals surface area contributed by atoms with Crippen LogP contribution in [0.1, 0.15) is 26.2 Å². The van der Waals surface area contributed by atoms with Gasteiger partial charge in [-0.15, -0.1) is 0 Å². The van der Waals surface area contributed by atoms with Gasteiger partial charge in [-0.1, -0.05) is 12.2 Å². The Morgan fingerprint density at radius 3 is 2.75 bits per heavy atom. The van der Waals surface area contributed by atoms with Crippen LogP contribution in [0, 0.1) is 0 Å². The molecule has 1 aliphatic rings. The quantitative estimate of drug-likeness (QED) is 0.520. The molecule has 2 amide bonds. The number of piperidine rings is 1. The summed E-state index contributed by atoms with van der Waals surface area (Å²) < 4.78 is 0. The van der Waals surface area contributed by atoms with Crippen LogP contribution < -0.4 is 11.1 Å². The second-order valence-electron chi connectivity index (χ2n) is 3.99. The maximum Gasteiger partial charge on any atom is 0.312 e. The molecular formula is C10H17N3O2S. The Kier molecular flexibility index (Phi) is 4.67. The lowest BCUT2D eigenvalue weighted by Gasteiger charge is -2.32. The Balaban J connectivity index is 2.48. The van der Waals surface area contributed by atoms with Gasteiger partial charge in [0.15, 0.2) is 0 Å².